The molecule has 0 spiro atoms. The van der Waals surface area contributed by atoms with Crippen LogP contribution in [-0.4, -0.2) is 10.1 Å². The lowest BCUT2D eigenvalue weighted by Gasteiger charge is -2.19. The van der Waals surface area contributed by atoms with Gasteiger partial charge >= 0.3 is 0 Å². The van der Waals surface area contributed by atoms with Crippen LogP contribution < -0.4 is 5.32 Å². The highest BCUT2D eigenvalue weighted by atomic mass is 35.5. The van der Waals surface area contributed by atoms with Gasteiger partial charge in [0.15, 0.2) is 0 Å². The van der Waals surface area contributed by atoms with Crippen molar-refractivity contribution < 1.29 is 22.7 Å². The van der Waals surface area contributed by atoms with Crippen molar-refractivity contribution in [1.82, 2.24) is 4.98 Å². The normalized spacial score (nSPS) is 13.2. The molecule has 0 radical (unpaired) electrons. The Morgan fingerprint density at radius 1 is 0.909 bits per heavy atom. The van der Waals surface area contributed by atoms with Crippen LogP contribution in [0.4, 0.5) is 23.2 Å². The third-order valence-electron chi connectivity index (χ3n) is 5.45. The van der Waals surface area contributed by atoms with Crippen molar-refractivity contribution >= 4 is 28.2 Å². The van der Waals surface area contributed by atoms with Crippen LogP contribution in [0.3, 0.4) is 0 Å². The molecular formula is C25H19ClF4N2O. The van der Waals surface area contributed by atoms with Gasteiger partial charge in [-0.3, -0.25) is 4.98 Å². The van der Waals surface area contributed by atoms with Crippen LogP contribution in [0.25, 0.3) is 22.0 Å². The fourth-order valence-electron chi connectivity index (χ4n) is 3.82. The molecule has 4 aromatic rings. The lowest BCUT2D eigenvalue weighted by Crippen LogP contribution is -2.09. The van der Waals surface area contributed by atoms with E-state index in [1.165, 1.54) is 25.3 Å². The predicted octanol–water partition coefficient (Wildman–Crippen LogP) is 7.34. The Hall–Kier alpha value is -3.16. The number of anilines is 1. The summed E-state index contributed by atoms with van der Waals surface area (Å²) in [5.41, 5.74) is 0.403. The topological polar surface area (TPSA) is 45.1 Å². The number of aliphatic hydroxyl groups is 1. The molecular weight excluding hydrogens is 456 g/mol. The molecule has 2 atom stereocenters. The number of nitrogens with zero attached hydrogens (tertiary/aromatic N) is 1. The Morgan fingerprint density at radius 3 is 2.21 bits per heavy atom. The van der Waals surface area contributed by atoms with E-state index in [4.69, 9.17) is 11.6 Å². The fraction of sp³-hybridized carbons (Fsp3) is 0.160. The van der Waals surface area contributed by atoms with Gasteiger partial charge in [-0.25, -0.2) is 17.6 Å². The third-order valence-corrected chi connectivity index (χ3v) is 5.74. The van der Waals surface area contributed by atoms with E-state index in [9.17, 15) is 22.7 Å². The van der Waals surface area contributed by atoms with Crippen molar-refractivity contribution in [2.45, 2.75) is 26.0 Å². The van der Waals surface area contributed by atoms with Crippen LogP contribution in [0.2, 0.25) is 5.02 Å². The summed E-state index contributed by atoms with van der Waals surface area (Å²) in [5.74, 6) is -3.12. The second-order valence-corrected chi connectivity index (χ2v) is 8.15. The Bertz CT molecular complexity index is 1340. The van der Waals surface area contributed by atoms with Gasteiger partial charge in [0.1, 0.15) is 23.3 Å². The number of nitrogens with one attached hydrogen (secondary N) is 1. The number of hydrogen-bond acceptors (Lipinski definition) is 3. The van der Waals surface area contributed by atoms with Crippen LogP contribution in [0.1, 0.15) is 37.1 Å². The molecule has 33 heavy (non-hydrogen) atoms. The summed E-state index contributed by atoms with van der Waals surface area (Å²) >= 11 is 6.36. The predicted molar refractivity (Wildman–Crippen MR) is 121 cm³/mol. The van der Waals surface area contributed by atoms with Gasteiger partial charge in [0.05, 0.1) is 33.9 Å². The van der Waals surface area contributed by atoms with E-state index in [1.54, 1.807) is 25.1 Å². The maximum absolute atomic E-state index is 14.9. The molecule has 0 fully saturated rings. The molecule has 3 nitrogen and oxygen atoms in total. The Kier molecular flexibility index (Phi) is 6.28. The number of aromatic nitrogens is 1. The van der Waals surface area contributed by atoms with Crippen LogP contribution in [0, 0.1) is 23.3 Å². The number of hydrogen-bond donors (Lipinski definition) is 2. The summed E-state index contributed by atoms with van der Waals surface area (Å²) in [6, 6.07) is 10.2. The average molecular weight is 475 g/mol. The van der Waals surface area contributed by atoms with Gasteiger partial charge in [0.25, 0.3) is 0 Å². The molecule has 0 saturated carbocycles. The number of rotatable bonds is 5. The molecule has 0 aliphatic carbocycles. The lowest BCUT2D eigenvalue weighted by molar-refractivity contribution is 0.188. The molecule has 0 amide bonds. The summed E-state index contributed by atoms with van der Waals surface area (Å²) in [4.78, 5) is 4.14. The van der Waals surface area contributed by atoms with E-state index in [-0.39, 0.29) is 21.7 Å². The highest BCUT2D eigenvalue weighted by molar-refractivity contribution is 6.34. The van der Waals surface area contributed by atoms with E-state index in [2.05, 4.69) is 10.3 Å². The SMILES string of the molecule is CC(O)c1c(F)cc(-c2cc3c(NC(C)c4ccccc4F)c(Cl)cnc3cc2F)cc1F. The minimum Gasteiger partial charge on any atom is -0.388 e. The molecule has 8 heteroatoms. The van der Waals surface area contributed by atoms with Crippen LogP contribution in [-0.2, 0) is 0 Å². The summed E-state index contributed by atoms with van der Waals surface area (Å²) in [6.07, 6.45) is -0.0184. The highest BCUT2D eigenvalue weighted by Gasteiger charge is 2.20. The maximum atomic E-state index is 14.9. The Labute approximate surface area is 192 Å². The number of pyridine rings is 1. The van der Waals surface area contributed by atoms with E-state index >= 15 is 0 Å². The third kappa shape index (κ3) is 4.38. The van der Waals surface area contributed by atoms with Crippen LogP contribution >= 0.6 is 11.6 Å². The molecule has 0 aliphatic heterocycles. The summed E-state index contributed by atoms with van der Waals surface area (Å²) < 4.78 is 58.0. The van der Waals surface area contributed by atoms with Gasteiger partial charge < -0.3 is 10.4 Å². The minimum absolute atomic E-state index is 0.0538. The van der Waals surface area contributed by atoms with Gasteiger partial charge in [0, 0.05) is 28.8 Å². The molecule has 4 rings (SSSR count). The highest BCUT2D eigenvalue weighted by Crippen LogP contribution is 2.37. The maximum Gasteiger partial charge on any atom is 0.133 e. The van der Waals surface area contributed by atoms with Gasteiger partial charge in [-0.2, -0.15) is 0 Å². The Balaban J connectivity index is 1.85. The zero-order chi connectivity index (χ0) is 23.9. The number of benzene rings is 3. The van der Waals surface area contributed by atoms with Gasteiger partial charge in [-0.1, -0.05) is 29.8 Å². The van der Waals surface area contributed by atoms with E-state index in [1.807, 2.05) is 0 Å². The van der Waals surface area contributed by atoms with Gasteiger partial charge in [0.2, 0.25) is 0 Å². The van der Waals surface area contributed by atoms with Gasteiger partial charge in [-0.05, 0) is 43.7 Å². The first-order chi connectivity index (χ1) is 15.7. The summed E-state index contributed by atoms with van der Waals surface area (Å²) in [5, 5.41) is 13.3. The number of aliphatic hydroxyl groups excluding tert-OH is 1. The number of fused-ring (bicyclic) bond motifs is 1. The smallest absolute Gasteiger partial charge is 0.133 e. The van der Waals surface area contributed by atoms with Crippen molar-refractivity contribution in [2.24, 2.45) is 0 Å². The van der Waals surface area contributed by atoms with E-state index < -0.39 is 41.0 Å². The molecule has 0 saturated heterocycles. The van der Waals surface area contributed by atoms with Crippen molar-refractivity contribution in [3.63, 3.8) is 0 Å². The summed E-state index contributed by atoms with van der Waals surface area (Å²) in [6.45, 7) is 2.98. The molecule has 0 bridgehead atoms. The molecule has 2 unspecified atom stereocenters. The second-order valence-electron chi connectivity index (χ2n) is 7.75. The molecule has 1 heterocycles. The van der Waals surface area contributed by atoms with Crippen molar-refractivity contribution in [3.05, 3.63) is 94.1 Å². The molecule has 2 N–H and O–H groups in total. The zero-order valence-electron chi connectivity index (χ0n) is 17.6. The largest absolute Gasteiger partial charge is 0.388 e. The van der Waals surface area contributed by atoms with Crippen molar-refractivity contribution in [2.75, 3.05) is 5.32 Å². The van der Waals surface area contributed by atoms with Crippen LogP contribution in [0.5, 0.6) is 0 Å². The second kappa shape index (κ2) is 9.00. The van der Waals surface area contributed by atoms with Gasteiger partial charge in [-0.15, -0.1) is 0 Å². The van der Waals surface area contributed by atoms with Crippen molar-refractivity contribution in [3.8, 4) is 11.1 Å². The molecule has 1 aromatic heterocycles. The average Bonchev–Trinajstić information content (AvgIpc) is 2.75. The number of halogens is 5. The minimum atomic E-state index is -1.36. The lowest BCUT2D eigenvalue weighted by atomic mass is 9.98. The first-order valence-electron chi connectivity index (χ1n) is 10.1. The standard InChI is InChI=1S/C25H19ClF4N2O/c1-12(15-5-3-4-6-19(15)27)32-25-17-9-16(20(28)10-23(17)31-11-18(25)26)14-7-21(29)24(13(2)33)22(30)8-14/h3-13,33H,1-2H3,(H,31,32). The first-order valence-corrected chi connectivity index (χ1v) is 10.5. The Morgan fingerprint density at radius 2 is 1.58 bits per heavy atom. The summed E-state index contributed by atoms with van der Waals surface area (Å²) in [7, 11) is 0. The first kappa shape index (κ1) is 23.0. The van der Waals surface area contributed by atoms with E-state index in [0.29, 0.717) is 16.6 Å². The van der Waals surface area contributed by atoms with Crippen LogP contribution in [0.15, 0.2) is 54.7 Å². The quantitative estimate of drug-likeness (QED) is 0.297. The molecule has 3 aromatic carbocycles. The van der Waals surface area contributed by atoms with E-state index in [0.717, 1.165) is 18.2 Å². The fourth-order valence-corrected chi connectivity index (χ4v) is 4.02. The monoisotopic (exact) mass is 474 g/mol. The molecule has 170 valence electrons. The molecule has 0 aliphatic rings. The zero-order valence-corrected chi connectivity index (χ0v) is 18.4. The van der Waals surface area contributed by atoms with Crippen molar-refractivity contribution in [1.29, 1.82) is 0 Å².